The van der Waals surface area contributed by atoms with Gasteiger partial charge in [-0.3, -0.25) is 4.79 Å². The number of hydrogen-bond acceptors (Lipinski definition) is 4. The Kier molecular flexibility index (Phi) is 5.80. The highest BCUT2D eigenvalue weighted by Crippen LogP contribution is 2.27. The Labute approximate surface area is 142 Å². The molecule has 1 aromatic carbocycles. The number of carbonyl (C=O) groups is 1. The van der Waals surface area contributed by atoms with Gasteiger partial charge in [-0.1, -0.05) is 6.07 Å². The zero-order valence-corrected chi connectivity index (χ0v) is 14.2. The van der Waals surface area contributed by atoms with Gasteiger partial charge in [0.05, 0.1) is 12.2 Å². The molecular weight excluding hydrogens is 314 g/mol. The molecule has 1 aromatic heterocycles. The Morgan fingerprint density at radius 2 is 2.13 bits per heavy atom. The van der Waals surface area contributed by atoms with Crippen LogP contribution < -0.4 is 10.6 Å². The molecule has 1 fully saturated rings. The lowest BCUT2D eigenvalue weighted by molar-refractivity contribution is -0.115. The number of benzene rings is 1. The highest BCUT2D eigenvalue weighted by Gasteiger charge is 2.20. The number of amides is 1. The fourth-order valence-corrected chi connectivity index (χ4v) is 2.32. The van der Waals surface area contributed by atoms with Gasteiger partial charge in [-0.15, -0.1) is 12.4 Å². The first-order chi connectivity index (χ1) is 10.6. The topological polar surface area (TPSA) is 67.2 Å². The van der Waals surface area contributed by atoms with E-state index in [2.05, 4.69) is 15.6 Å². The Morgan fingerprint density at radius 1 is 1.35 bits per heavy atom. The quantitative estimate of drug-likeness (QED) is 0.849. The van der Waals surface area contributed by atoms with E-state index in [1.165, 1.54) is 12.8 Å². The monoisotopic (exact) mass is 335 g/mol. The largest absolute Gasteiger partial charge is 0.444 e. The molecule has 2 N–H and O–H groups in total. The summed E-state index contributed by atoms with van der Waals surface area (Å²) in [6.45, 7) is 5.16. The predicted octanol–water partition coefficient (Wildman–Crippen LogP) is 3.32. The Balaban J connectivity index is 0.00000192. The summed E-state index contributed by atoms with van der Waals surface area (Å²) >= 11 is 0. The Bertz CT molecular complexity index is 680. The van der Waals surface area contributed by atoms with Crippen molar-refractivity contribution in [1.29, 1.82) is 0 Å². The fraction of sp³-hybridized carbons (Fsp3) is 0.412. The molecule has 6 heteroatoms. The standard InChI is InChI=1S/C17H21N3O2.ClH/c1-11-3-6-14(7-15(11)17-19-12(2)10-22-17)20-16(21)9-18-8-13-4-5-13;/h3,6-7,10,13,18H,4-5,8-9H2,1-2H3,(H,20,21);1H. The molecule has 1 aliphatic carbocycles. The first-order valence-electron chi connectivity index (χ1n) is 7.65. The number of anilines is 1. The van der Waals surface area contributed by atoms with Gasteiger partial charge < -0.3 is 15.1 Å². The summed E-state index contributed by atoms with van der Waals surface area (Å²) in [7, 11) is 0. The normalized spacial score (nSPS) is 13.5. The maximum Gasteiger partial charge on any atom is 0.238 e. The Morgan fingerprint density at radius 3 is 2.78 bits per heavy atom. The van der Waals surface area contributed by atoms with Crippen LogP contribution in [-0.2, 0) is 4.79 Å². The van der Waals surface area contributed by atoms with E-state index in [0.717, 1.165) is 35.0 Å². The SMILES string of the molecule is Cc1coc(-c2cc(NC(=O)CNCC3CC3)ccc2C)n1.Cl. The number of nitrogens with zero attached hydrogens (tertiary/aromatic N) is 1. The molecule has 0 saturated heterocycles. The molecule has 1 saturated carbocycles. The van der Waals surface area contributed by atoms with Crippen molar-refractivity contribution in [2.45, 2.75) is 26.7 Å². The number of oxazole rings is 1. The van der Waals surface area contributed by atoms with Gasteiger partial charge in [0.2, 0.25) is 11.8 Å². The third-order valence-electron chi connectivity index (χ3n) is 3.79. The van der Waals surface area contributed by atoms with Crippen LogP contribution in [0.2, 0.25) is 0 Å². The minimum atomic E-state index is -0.0287. The van der Waals surface area contributed by atoms with Crippen molar-refractivity contribution in [3.05, 3.63) is 35.7 Å². The van der Waals surface area contributed by atoms with Crippen LogP contribution in [0.25, 0.3) is 11.5 Å². The molecular formula is C17H22ClN3O2. The van der Waals surface area contributed by atoms with E-state index in [9.17, 15) is 4.79 Å². The van der Waals surface area contributed by atoms with Crippen LogP contribution in [-0.4, -0.2) is 24.0 Å². The molecule has 1 aliphatic rings. The van der Waals surface area contributed by atoms with Crippen molar-refractivity contribution in [1.82, 2.24) is 10.3 Å². The number of carbonyl (C=O) groups excluding carboxylic acids is 1. The van der Waals surface area contributed by atoms with Gasteiger partial charge in [0.25, 0.3) is 0 Å². The van der Waals surface area contributed by atoms with Crippen LogP contribution in [0.1, 0.15) is 24.1 Å². The number of rotatable bonds is 6. The summed E-state index contributed by atoms with van der Waals surface area (Å²) in [5.41, 5.74) is 3.56. The minimum Gasteiger partial charge on any atom is -0.444 e. The van der Waals surface area contributed by atoms with Crippen LogP contribution in [0.5, 0.6) is 0 Å². The second-order valence-electron chi connectivity index (χ2n) is 5.95. The lowest BCUT2D eigenvalue weighted by Crippen LogP contribution is -2.29. The molecule has 0 radical (unpaired) electrons. The summed E-state index contributed by atoms with van der Waals surface area (Å²) in [4.78, 5) is 16.3. The highest BCUT2D eigenvalue weighted by atomic mass is 35.5. The average molecular weight is 336 g/mol. The fourth-order valence-electron chi connectivity index (χ4n) is 2.32. The minimum absolute atomic E-state index is 0. The average Bonchev–Trinajstić information content (AvgIpc) is 3.21. The number of hydrogen-bond donors (Lipinski definition) is 2. The second-order valence-corrected chi connectivity index (χ2v) is 5.95. The number of aromatic nitrogens is 1. The zero-order chi connectivity index (χ0) is 15.5. The van der Waals surface area contributed by atoms with Gasteiger partial charge in [0.15, 0.2) is 0 Å². The van der Waals surface area contributed by atoms with Crippen LogP contribution in [0.4, 0.5) is 5.69 Å². The van der Waals surface area contributed by atoms with Gasteiger partial charge in [-0.25, -0.2) is 4.98 Å². The maximum atomic E-state index is 11.9. The van der Waals surface area contributed by atoms with E-state index in [1.54, 1.807) is 6.26 Å². The van der Waals surface area contributed by atoms with E-state index in [0.29, 0.717) is 12.4 Å². The maximum absolute atomic E-state index is 11.9. The number of nitrogens with one attached hydrogen (secondary N) is 2. The van der Waals surface area contributed by atoms with E-state index in [1.807, 2.05) is 32.0 Å². The van der Waals surface area contributed by atoms with Crippen molar-refractivity contribution in [2.75, 3.05) is 18.4 Å². The summed E-state index contributed by atoms with van der Waals surface area (Å²) in [5, 5.41) is 6.09. The van der Waals surface area contributed by atoms with E-state index < -0.39 is 0 Å². The van der Waals surface area contributed by atoms with Crippen LogP contribution in [0, 0.1) is 19.8 Å². The molecule has 5 nitrogen and oxygen atoms in total. The molecule has 2 aromatic rings. The van der Waals surface area contributed by atoms with Gasteiger partial charge in [-0.05, 0) is 56.8 Å². The van der Waals surface area contributed by atoms with E-state index in [-0.39, 0.29) is 18.3 Å². The number of halogens is 1. The van der Waals surface area contributed by atoms with Gasteiger partial charge in [0, 0.05) is 11.3 Å². The number of aryl methyl sites for hydroxylation is 2. The molecule has 0 atom stereocenters. The zero-order valence-electron chi connectivity index (χ0n) is 13.4. The highest BCUT2D eigenvalue weighted by molar-refractivity contribution is 5.93. The first-order valence-corrected chi connectivity index (χ1v) is 7.65. The molecule has 124 valence electrons. The summed E-state index contributed by atoms with van der Waals surface area (Å²) in [6.07, 6.45) is 4.19. The van der Waals surface area contributed by atoms with Crippen molar-refractivity contribution in [3.8, 4) is 11.5 Å². The molecule has 0 spiro atoms. The second kappa shape index (κ2) is 7.62. The third kappa shape index (κ3) is 4.81. The third-order valence-corrected chi connectivity index (χ3v) is 3.79. The molecule has 0 unspecified atom stereocenters. The van der Waals surface area contributed by atoms with Crippen LogP contribution in [0.3, 0.4) is 0 Å². The van der Waals surface area contributed by atoms with E-state index >= 15 is 0 Å². The van der Waals surface area contributed by atoms with Crippen molar-refractivity contribution in [2.24, 2.45) is 5.92 Å². The molecule has 3 rings (SSSR count). The Hall–Kier alpha value is -1.85. The molecule has 0 bridgehead atoms. The van der Waals surface area contributed by atoms with Crippen molar-refractivity contribution in [3.63, 3.8) is 0 Å². The molecule has 1 heterocycles. The van der Waals surface area contributed by atoms with Gasteiger partial charge >= 0.3 is 0 Å². The van der Waals surface area contributed by atoms with Crippen LogP contribution >= 0.6 is 12.4 Å². The first kappa shape index (κ1) is 17.5. The lowest BCUT2D eigenvalue weighted by Gasteiger charge is -2.09. The van der Waals surface area contributed by atoms with Crippen molar-refractivity contribution >= 4 is 24.0 Å². The molecule has 23 heavy (non-hydrogen) atoms. The lowest BCUT2D eigenvalue weighted by atomic mass is 10.1. The summed E-state index contributed by atoms with van der Waals surface area (Å²) in [6, 6.07) is 5.76. The summed E-state index contributed by atoms with van der Waals surface area (Å²) in [5.74, 6) is 1.32. The van der Waals surface area contributed by atoms with Gasteiger partial charge in [0.1, 0.15) is 6.26 Å². The summed E-state index contributed by atoms with van der Waals surface area (Å²) < 4.78 is 5.45. The molecule has 1 amide bonds. The van der Waals surface area contributed by atoms with Crippen molar-refractivity contribution < 1.29 is 9.21 Å². The molecule has 0 aliphatic heterocycles. The van der Waals surface area contributed by atoms with E-state index in [4.69, 9.17) is 4.42 Å². The smallest absolute Gasteiger partial charge is 0.238 e. The van der Waals surface area contributed by atoms with Crippen LogP contribution in [0.15, 0.2) is 28.9 Å². The van der Waals surface area contributed by atoms with Gasteiger partial charge in [-0.2, -0.15) is 0 Å². The predicted molar refractivity (Wildman–Crippen MR) is 92.9 cm³/mol.